The van der Waals surface area contributed by atoms with Gasteiger partial charge in [0.1, 0.15) is 0 Å². The summed E-state index contributed by atoms with van der Waals surface area (Å²) in [4.78, 5) is 2.61. The lowest BCUT2D eigenvalue weighted by Gasteiger charge is -2.37. The summed E-state index contributed by atoms with van der Waals surface area (Å²) in [7, 11) is 0. The number of hydrogen-bond donors (Lipinski definition) is 0. The molecule has 0 bridgehead atoms. The Morgan fingerprint density at radius 3 is 1.97 bits per heavy atom. The van der Waals surface area contributed by atoms with Crippen LogP contribution in [0, 0.1) is 0 Å². The number of rotatable bonds is 4. The van der Waals surface area contributed by atoms with Crippen LogP contribution in [0.1, 0.15) is 29.7 Å². The lowest BCUT2D eigenvalue weighted by Crippen LogP contribution is -2.45. The highest BCUT2D eigenvalue weighted by atomic mass is 15.5. The second-order valence-electron chi connectivity index (χ2n) is 8.11. The van der Waals surface area contributed by atoms with E-state index in [-0.39, 0.29) is 0 Å². The van der Waals surface area contributed by atoms with E-state index in [0.717, 1.165) is 26.2 Å². The second kappa shape index (κ2) is 8.29. The number of fused-ring (bicyclic) bond motifs is 3. The monoisotopic (exact) mass is 393 g/mol. The predicted octanol–water partition coefficient (Wildman–Crippen LogP) is 5.46. The molecule has 1 aliphatic carbocycles. The van der Waals surface area contributed by atoms with Crippen molar-refractivity contribution < 1.29 is 0 Å². The molecule has 0 spiro atoms. The highest BCUT2D eigenvalue weighted by Gasteiger charge is 2.33. The highest BCUT2D eigenvalue weighted by molar-refractivity contribution is 5.84. The van der Waals surface area contributed by atoms with E-state index in [1.807, 2.05) is 12.3 Å². The average molecular weight is 394 g/mol. The normalized spacial score (nSPS) is 17.4. The van der Waals surface area contributed by atoms with Crippen LogP contribution in [-0.4, -0.2) is 42.3 Å². The third-order valence-corrected chi connectivity index (χ3v) is 6.08. The van der Waals surface area contributed by atoms with Crippen LogP contribution in [0.15, 0.2) is 89.5 Å². The summed E-state index contributed by atoms with van der Waals surface area (Å²) in [6, 6.07) is 28.5. The molecular weight excluding hydrogens is 366 g/mol. The Bertz CT molecular complexity index is 1030. The molecule has 2 aliphatic rings. The minimum Gasteiger partial charge on any atom is -0.294 e. The maximum Gasteiger partial charge on any atom is 0.0615 e. The van der Waals surface area contributed by atoms with E-state index in [0.29, 0.717) is 6.04 Å². The van der Waals surface area contributed by atoms with Gasteiger partial charge in [0, 0.05) is 32.4 Å². The molecule has 0 aromatic heterocycles. The summed E-state index contributed by atoms with van der Waals surface area (Å²) < 4.78 is 0. The Labute approximate surface area is 179 Å². The molecule has 0 radical (unpaired) electrons. The van der Waals surface area contributed by atoms with Crippen LogP contribution in [0.4, 0.5) is 0 Å². The van der Waals surface area contributed by atoms with Gasteiger partial charge in [-0.2, -0.15) is 5.10 Å². The van der Waals surface area contributed by atoms with Crippen LogP contribution >= 0.6 is 0 Å². The highest BCUT2D eigenvalue weighted by Crippen LogP contribution is 2.46. The summed E-state index contributed by atoms with van der Waals surface area (Å²) in [5.74, 6) is 0. The van der Waals surface area contributed by atoms with Gasteiger partial charge in [-0.15, -0.1) is 0 Å². The number of hydrazone groups is 1. The molecule has 5 rings (SSSR count). The van der Waals surface area contributed by atoms with Crippen LogP contribution < -0.4 is 0 Å². The van der Waals surface area contributed by atoms with Gasteiger partial charge in [0.2, 0.25) is 0 Å². The van der Waals surface area contributed by atoms with Crippen LogP contribution in [0.25, 0.3) is 17.2 Å². The minimum atomic E-state index is 0.364. The number of benzene rings is 3. The first-order valence-electron chi connectivity index (χ1n) is 10.7. The van der Waals surface area contributed by atoms with Gasteiger partial charge >= 0.3 is 0 Å². The zero-order valence-electron chi connectivity index (χ0n) is 17.4. The van der Waals surface area contributed by atoms with Gasteiger partial charge in [0.25, 0.3) is 0 Å². The SMILES string of the molecule is CC(/C=N/N1CCN(C2c3ccccc3-c3ccccc32)CC1)=C\c1ccccc1. The molecule has 3 nitrogen and oxygen atoms in total. The van der Waals surface area contributed by atoms with E-state index in [9.17, 15) is 0 Å². The number of hydrogen-bond acceptors (Lipinski definition) is 3. The largest absolute Gasteiger partial charge is 0.294 e. The van der Waals surface area contributed by atoms with Crippen molar-refractivity contribution in [3.8, 4) is 11.1 Å². The Morgan fingerprint density at radius 2 is 1.33 bits per heavy atom. The summed E-state index contributed by atoms with van der Waals surface area (Å²) >= 11 is 0. The molecule has 0 saturated carbocycles. The van der Waals surface area contributed by atoms with Gasteiger partial charge in [-0.1, -0.05) is 84.9 Å². The standard InChI is InChI=1S/C27H27N3/c1-21(19-22-9-3-2-4-10-22)20-28-30-17-15-29(16-18-30)27-25-13-7-5-11-23(25)24-12-6-8-14-26(24)27/h2-14,19-20,27H,15-18H2,1H3/b21-19+,28-20+. The van der Waals surface area contributed by atoms with Crippen molar-refractivity contribution in [1.29, 1.82) is 0 Å². The molecule has 3 heteroatoms. The molecule has 0 unspecified atom stereocenters. The number of piperazine rings is 1. The van der Waals surface area contributed by atoms with Gasteiger partial charge in [-0.25, -0.2) is 0 Å². The Morgan fingerprint density at radius 1 is 0.767 bits per heavy atom. The molecule has 0 atom stereocenters. The van der Waals surface area contributed by atoms with E-state index in [1.54, 1.807) is 0 Å². The summed E-state index contributed by atoms with van der Waals surface area (Å²) in [6.07, 6.45) is 4.16. The molecule has 30 heavy (non-hydrogen) atoms. The molecule has 1 fully saturated rings. The van der Waals surface area contributed by atoms with E-state index in [4.69, 9.17) is 5.10 Å². The van der Waals surface area contributed by atoms with E-state index in [2.05, 4.69) is 95.7 Å². The Balaban J connectivity index is 1.27. The predicted molar refractivity (Wildman–Crippen MR) is 125 cm³/mol. The first-order valence-corrected chi connectivity index (χ1v) is 10.7. The molecule has 1 saturated heterocycles. The maximum atomic E-state index is 4.74. The van der Waals surface area contributed by atoms with Crippen molar-refractivity contribution in [3.63, 3.8) is 0 Å². The van der Waals surface area contributed by atoms with Crippen LogP contribution in [0.2, 0.25) is 0 Å². The summed E-state index contributed by atoms with van der Waals surface area (Å²) in [5.41, 5.74) is 8.04. The van der Waals surface area contributed by atoms with E-state index in [1.165, 1.54) is 33.4 Å². The quantitative estimate of drug-likeness (QED) is 0.548. The second-order valence-corrected chi connectivity index (χ2v) is 8.11. The van der Waals surface area contributed by atoms with Crippen LogP contribution in [-0.2, 0) is 0 Å². The Hall–Kier alpha value is -3.17. The van der Waals surface area contributed by atoms with Crippen molar-refractivity contribution in [2.75, 3.05) is 26.2 Å². The fraction of sp³-hybridized carbons (Fsp3) is 0.222. The van der Waals surface area contributed by atoms with Gasteiger partial charge in [0.05, 0.1) is 6.04 Å². The van der Waals surface area contributed by atoms with Gasteiger partial charge < -0.3 is 0 Å². The number of nitrogens with zero attached hydrogens (tertiary/aromatic N) is 3. The number of allylic oxidation sites excluding steroid dienone is 1. The van der Waals surface area contributed by atoms with E-state index < -0.39 is 0 Å². The average Bonchev–Trinajstić information content (AvgIpc) is 3.13. The van der Waals surface area contributed by atoms with Gasteiger partial charge in [0.15, 0.2) is 0 Å². The molecule has 0 amide bonds. The smallest absolute Gasteiger partial charge is 0.0615 e. The third-order valence-electron chi connectivity index (χ3n) is 6.08. The van der Waals surface area contributed by atoms with Crippen molar-refractivity contribution in [2.24, 2.45) is 5.10 Å². The lowest BCUT2D eigenvalue weighted by molar-refractivity contribution is 0.114. The van der Waals surface area contributed by atoms with Gasteiger partial charge in [-0.05, 0) is 40.3 Å². The lowest BCUT2D eigenvalue weighted by atomic mass is 10.0. The summed E-state index contributed by atoms with van der Waals surface area (Å²) in [5, 5.41) is 6.94. The molecule has 1 heterocycles. The minimum absolute atomic E-state index is 0.364. The van der Waals surface area contributed by atoms with Crippen molar-refractivity contribution >= 4 is 12.3 Å². The molecule has 150 valence electrons. The molecule has 0 N–H and O–H groups in total. The fourth-order valence-corrected chi connectivity index (χ4v) is 4.63. The Kier molecular flexibility index (Phi) is 5.20. The zero-order chi connectivity index (χ0) is 20.3. The van der Waals surface area contributed by atoms with Gasteiger partial charge in [-0.3, -0.25) is 9.91 Å². The van der Waals surface area contributed by atoms with Crippen molar-refractivity contribution in [3.05, 3.63) is 101 Å². The first-order chi connectivity index (χ1) is 14.8. The molecule has 1 aliphatic heterocycles. The molecule has 3 aromatic carbocycles. The first kappa shape index (κ1) is 18.8. The zero-order valence-corrected chi connectivity index (χ0v) is 17.4. The van der Waals surface area contributed by atoms with Crippen LogP contribution in [0.3, 0.4) is 0 Å². The maximum absolute atomic E-state index is 4.74. The topological polar surface area (TPSA) is 18.8 Å². The van der Waals surface area contributed by atoms with Crippen molar-refractivity contribution in [2.45, 2.75) is 13.0 Å². The van der Waals surface area contributed by atoms with Crippen LogP contribution in [0.5, 0.6) is 0 Å². The molecular formula is C27H27N3. The fourth-order valence-electron chi connectivity index (χ4n) is 4.63. The summed E-state index contributed by atoms with van der Waals surface area (Å²) in [6.45, 7) is 6.06. The van der Waals surface area contributed by atoms with Crippen molar-refractivity contribution in [1.82, 2.24) is 9.91 Å². The van der Waals surface area contributed by atoms with E-state index >= 15 is 0 Å². The molecule has 3 aromatic rings. The third kappa shape index (κ3) is 3.69.